The molecule has 2 aliphatic carbocycles. The lowest BCUT2D eigenvalue weighted by molar-refractivity contribution is -0.140. The van der Waals surface area contributed by atoms with Crippen LogP contribution in [0.1, 0.15) is 119 Å². The van der Waals surface area contributed by atoms with Crippen molar-refractivity contribution < 1.29 is 76.9 Å². The largest absolute Gasteiger partial charge is 0.516 e. The molecule has 0 spiro atoms. The quantitative estimate of drug-likeness (QED) is 0.127. The molecular formula is C60H66F6N6O11S2. The summed E-state index contributed by atoms with van der Waals surface area (Å²) in [4.78, 5) is 56.0. The van der Waals surface area contributed by atoms with E-state index in [1.165, 1.54) is 53.8 Å². The van der Waals surface area contributed by atoms with E-state index in [0.29, 0.717) is 95.5 Å². The predicted octanol–water partition coefficient (Wildman–Crippen LogP) is 9.85. The molecule has 2 saturated carbocycles. The van der Waals surface area contributed by atoms with Gasteiger partial charge in [-0.2, -0.15) is 34.8 Å². The Hall–Kier alpha value is -6.80. The molecule has 25 heteroatoms. The highest BCUT2D eigenvalue weighted by Gasteiger charge is 2.47. The minimum absolute atomic E-state index is 0.00666. The van der Waals surface area contributed by atoms with E-state index in [9.17, 15) is 67.5 Å². The van der Waals surface area contributed by atoms with Crippen molar-refractivity contribution in [1.82, 2.24) is 23.7 Å². The van der Waals surface area contributed by atoms with Crippen LogP contribution in [0.3, 0.4) is 0 Å². The number of halogens is 6. The molecule has 2 unspecified atom stereocenters. The summed E-state index contributed by atoms with van der Waals surface area (Å²) in [5.41, 5.74) is -0.250. The van der Waals surface area contributed by atoms with Crippen LogP contribution in [0.2, 0.25) is 0 Å². The second-order valence-electron chi connectivity index (χ2n) is 22.5. The number of fused-ring (bicyclic) bond motifs is 10. The first-order chi connectivity index (χ1) is 40.4. The fourth-order valence-corrected chi connectivity index (χ4v) is 13.7. The normalized spacial score (nSPS) is 19.8. The molecule has 6 heterocycles. The van der Waals surface area contributed by atoms with E-state index in [1.54, 1.807) is 12.1 Å². The number of benzene rings is 4. The average molecular weight is 1230 g/mol. The molecule has 0 radical (unpaired) electrons. The highest BCUT2D eigenvalue weighted by Crippen LogP contribution is 2.49. The number of aromatic nitrogens is 2. The monoisotopic (exact) mass is 1220 g/mol. The van der Waals surface area contributed by atoms with Gasteiger partial charge in [0.15, 0.2) is 0 Å². The fraction of sp³-hybridized carbons (Fsp3) is 0.467. The van der Waals surface area contributed by atoms with Crippen molar-refractivity contribution in [3.63, 3.8) is 0 Å². The number of ether oxygens (including phenoxy) is 2. The molecule has 456 valence electrons. The number of hydrogen-bond acceptors (Lipinski definition) is 10. The number of amides is 3. The van der Waals surface area contributed by atoms with Crippen molar-refractivity contribution in [2.24, 2.45) is 17.0 Å². The Morgan fingerprint density at radius 2 is 0.941 bits per heavy atom. The van der Waals surface area contributed by atoms with Gasteiger partial charge in [0.1, 0.15) is 0 Å². The second kappa shape index (κ2) is 24.9. The number of carboxylic acids is 1. The number of carbonyl (C=O) groups is 4. The van der Waals surface area contributed by atoms with Gasteiger partial charge >= 0.3 is 37.0 Å². The van der Waals surface area contributed by atoms with Crippen LogP contribution in [0.25, 0.3) is 44.3 Å². The van der Waals surface area contributed by atoms with E-state index in [0.717, 1.165) is 88.3 Å². The summed E-state index contributed by atoms with van der Waals surface area (Å²) in [7, 11) is -11.2. The maximum absolute atomic E-state index is 13.8. The lowest BCUT2D eigenvalue weighted by Crippen LogP contribution is -2.45. The van der Waals surface area contributed by atoms with Crippen molar-refractivity contribution in [2.45, 2.75) is 113 Å². The lowest BCUT2D eigenvalue weighted by atomic mass is 9.81. The van der Waals surface area contributed by atoms with Crippen molar-refractivity contribution >= 4 is 65.5 Å². The summed E-state index contributed by atoms with van der Waals surface area (Å²) in [6.45, 7) is 5.25. The molecule has 6 aliphatic rings. The van der Waals surface area contributed by atoms with Gasteiger partial charge in [-0.15, -0.1) is 0 Å². The summed E-state index contributed by atoms with van der Waals surface area (Å²) in [5, 5.41) is 15.4. The summed E-state index contributed by atoms with van der Waals surface area (Å²) in [6.07, 6.45) is 12.5. The van der Waals surface area contributed by atoms with E-state index in [2.05, 4.69) is 34.0 Å². The molecule has 2 atom stereocenters. The molecular weight excluding hydrogens is 1160 g/mol. The molecule has 0 bridgehead atoms. The standard InChI is InChI=1S/C30H32F3N3O5S.C29H32N2O4.CH2F3NO2S/c31-30(32,33)42(39,40)34-28(37)21-10-11-24-25(17-21)36-18-22(29(38)35-12-14-41-15-13-35)16-20-8-4-5-9-23(20)27(36)26(24)19-6-2-1-3-7-19;32-28(30-12-14-35-15-13-30)22-16-20-8-4-5-9-23(20)27-26(19-6-2-1-3-7-19)24-11-10-21(29(33)34)17-25(24)31(27)18-22;2-1(3,4)8(5,6)7/h4-5,8-11,17,19,22H,1-3,6-7,12-16,18H2,(H,34,37);4-5,8-11,17,19,22H,1-3,6-7,12-16,18H2,(H,33,34);(H2,5,6,7). The third-order valence-electron chi connectivity index (χ3n) is 17.2. The van der Waals surface area contributed by atoms with Gasteiger partial charge < -0.3 is 33.5 Å². The smallest absolute Gasteiger partial charge is 0.478 e. The van der Waals surface area contributed by atoms with Crippen LogP contribution in [0.4, 0.5) is 26.3 Å². The highest BCUT2D eigenvalue weighted by molar-refractivity contribution is 7.91. The molecule has 4 aliphatic heterocycles. The van der Waals surface area contributed by atoms with Gasteiger partial charge in [0.2, 0.25) is 11.8 Å². The minimum Gasteiger partial charge on any atom is -0.478 e. The molecule has 4 N–H and O–H groups in total. The van der Waals surface area contributed by atoms with E-state index in [1.807, 2.05) is 50.8 Å². The third kappa shape index (κ3) is 12.9. The van der Waals surface area contributed by atoms with Gasteiger partial charge in [-0.05, 0) is 96.9 Å². The Labute approximate surface area is 487 Å². The zero-order valence-corrected chi connectivity index (χ0v) is 48.1. The van der Waals surface area contributed by atoms with Crippen LogP contribution in [-0.2, 0) is 65.0 Å². The van der Waals surface area contributed by atoms with Crippen LogP contribution < -0.4 is 9.86 Å². The Kier molecular flexibility index (Phi) is 17.9. The van der Waals surface area contributed by atoms with Gasteiger partial charge in [0.05, 0.1) is 55.2 Å². The number of nitrogens with zero attached hydrogens (tertiary/aromatic N) is 4. The van der Waals surface area contributed by atoms with Crippen LogP contribution in [0, 0.1) is 11.8 Å². The summed E-state index contributed by atoms with van der Waals surface area (Å²) in [6, 6.07) is 26.6. The summed E-state index contributed by atoms with van der Waals surface area (Å²) >= 11 is 0. The number of alkyl halides is 6. The average Bonchev–Trinajstić information content (AvgIpc) is 1.71. The first-order valence-electron chi connectivity index (χ1n) is 28.6. The first kappa shape index (κ1) is 61.3. The first-order valence-corrected chi connectivity index (χ1v) is 31.6. The van der Waals surface area contributed by atoms with Crippen molar-refractivity contribution in [3.05, 3.63) is 118 Å². The molecule has 2 saturated heterocycles. The van der Waals surface area contributed by atoms with Crippen LogP contribution in [0.15, 0.2) is 84.9 Å². The number of aromatic carboxylic acids is 1. The van der Waals surface area contributed by atoms with Gasteiger partial charge in [-0.25, -0.2) is 23.1 Å². The van der Waals surface area contributed by atoms with E-state index in [4.69, 9.17) is 9.47 Å². The third-order valence-corrected chi connectivity index (χ3v) is 18.9. The van der Waals surface area contributed by atoms with Crippen LogP contribution in [-0.4, -0.2) is 128 Å². The number of carboxylic acid groups (broad SMARTS) is 1. The molecule has 2 aromatic heterocycles. The van der Waals surface area contributed by atoms with Gasteiger partial charge in [0, 0.05) is 77.8 Å². The van der Waals surface area contributed by atoms with E-state index >= 15 is 0 Å². The summed E-state index contributed by atoms with van der Waals surface area (Å²) in [5.74, 6) is -2.02. The number of morpholine rings is 2. The number of nitrogens with one attached hydrogen (secondary N) is 1. The minimum atomic E-state index is -5.87. The highest BCUT2D eigenvalue weighted by atomic mass is 32.2. The number of primary sulfonamides is 1. The maximum atomic E-state index is 13.8. The number of rotatable bonds is 7. The predicted molar refractivity (Wildman–Crippen MR) is 304 cm³/mol. The van der Waals surface area contributed by atoms with Crippen LogP contribution in [0.5, 0.6) is 0 Å². The molecule has 4 fully saturated rings. The fourth-order valence-electron chi connectivity index (χ4n) is 13.2. The van der Waals surface area contributed by atoms with Crippen molar-refractivity contribution in [3.8, 4) is 22.5 Å². The number of hydrogen-bond donors (Lipinski definition) is 3. The van der Waals surface area contributed by atoms with Crippen molar-refractivity contribution in [2.75, 3.05) is 52.6 Å². The number of nitrogens with two attached hydrogens (primary N) is 1. The van der Waals surface area contributed by atoms with Gasteiger partial charge in [-0.3, -0.25) is 14.4 Å². The Balaban J connectivity index is 0.000000170. The van der Waals surface area contributed by atoms with Crippen molar-refractivity contribution in [1.29, 1.82) is 0 Å². The Morgan fingerprint density at radius 1 is 0.553 bits per heavy atom. The number of carbonyl (C=O) groups excluding carboxylic acids is 3. The molecule has 3 amide bonds. The van der Waals surface area contributed by atoms with Gasteiger partial charge in [0.25, 0.3) is 5.91 Å². The Morgan fingerprint density at radius 3 is 1.33 bits per heavy atom. The second-order valence-corrected chi connectivity index (χ2v) is 25.8. The Bertz CT molecular complexity index is 3750. The zero-order chi connectivity index (χ0) is 60.6. The van der Waals surface area contributed by atoms with Gasteiger partial charge in [-0.1, -0.05) is 99.2 Å². The molecule has 4 aromatic carbocycles. The van der Waals surface area contributed by atoms with E-state index < -0.39 is 48.9 Å². The maximum Gasteiger partial charge on any atom is 0.516 e. The SMILES string of the molecule is NS(=O)(=O)C(F)(F)F.O=C(NS(=O)(=O)C(F)(F)F)c1ccc2c(C3CCCCC3)c3n(c2c1)CC(C(=O)N1CCOCC1)Cc1ccccc1-3.O=C(O)c1ccc2c(C3CCCCC3)c3n(c2c1)CC(C(=O)N1CCOCC1)Cc1ccccc1-3. The molecule has 85 heavy (non-hydrogen) atoms. The molecule has 12 rings (SSSR count). The number of sulfonamides is 2. The van der Waals surface area contributed by atoms with Crippen LogP contribution >= 0.6 is 0 Å². The molecule has 17 nitrogen and oxygen atoms in total. The molecule has 6 aromatic rings. The topological polar surface area (TPSA) is 230 Å². The summed E-state index contributed by atoms with van der Waals surface area (Å²) < 4.78 is 130. The van der Waals surface area contributed by atoms with E-state index in [-0.39, 0.29) is 29.2 Å². The zero-order valence-electron chi connectivity index (χ0n) is 46.4. The lowest BCUT2D eigenvalue weighted by Gasteiger charge is -2.30.